The summed E-state index contributed by atoms with van der Waals surface area (Å²) in [6.45, 7) is 3.88. The van der Waals surface area contributed by atoms with E-state index in [0.717, 1.165) is 19.3 Å². The molecule has 5 nitrogen and oxygen atoms in total. The molecule has 0 bridgehead atoms. The van der Waals surface area contributed by atoms with Crippen LogP contribution >= 0.6 is 0 Å². The van der Waals surface area contributed by atoms with Crippen LogP contribution in [-0.4, -0.2) is 63.8 Å². The fraction of sp³-hybridized carbons (Fsp3) is 0.636. The second kappa shape index (κ2) is 6.84. The molecule has 0 N–H and O–H groups in total. The minimum absolute atomic E-state index is 0.357. The Hall–Kier alpha value is -1.86. The van der Waals surface area contributed by atoms with E-state index in [0.29, 0.717) is 41.1 Å². The number of hydrogen-bond acceptors (Lipinski definition) is 4. The van der Waals surface area contributed by atoms with Crippen LogP contribution in [0.25, 0.3) is 11.1 Å². The number of halogens is 2. The lowest BCUT2D eigenvalue weighted by atomic mass is 9.78. The molecule has 7 heteroatoms. The summed E-state index contributed by atoms with van der Waals surface area (Å²) in [5.74, 6) is -0.449. The second-order valence-electron chi connectivity index (χ2n) is 9.52. The Morgan fingerprint density at radius 3 is 2.52 bits per heavy atom. The lowest BCUT2D eigenvalue weighted by molar-refractivity contribution is 0.00594. The van der Waals surface area contributed by atoms with Gasteiger partial charge in [-0.15, -0.1) is 0 Å². The highest BCUT2D eigenvalue weighted by Gasteiger charge is 2.49. The van der Waals surface area contributed by atoms with Gasteiger partial charge in [0.2, 0.25) is 0 Å². The monoisotopic (exact) mass is 401 g/mol. The van der Waals surface area contributed by atoms with Crippen molar-refractivity contribution < 1.29 is 8.78 Å². The zero-order chi connectivity index (χ0) is 20.2. The average molecular weight is 402 g/mol. The maximum Gasteiger partial charge on any atom is 0.155 e. The Morgan fingerprint density at radius 2 is 1.86 bits per heavy atom. The maximum absolute atomic E-state index is 16.1. The number of likely N-dealkylation sites (tertiary alicyclic amines) is 2. The third-order valence-corrected chi connectivity index (χ3v) is 7.29. The van der Waals surface area contributed by atoms with Crippen LogP contribution in [0, 0.1) is 11.2 Å². The topological polar surface area (TPSA) is 37.2 Å². The molecule has 0 amide bonds. The zero-order valence-corrected chi connectivity index (χ0v) is 17.2. The predicted octanol–water partition coefficient (Wildman–Crippen LogP) is 3.37. The minimum atomic E-state index is -1.53. The SMILES string of the molecule is CN1CC2(CCC(N3CCC(F)(c4ncc(F)cc4-c4cnn(C)c4)CC3)C2)C1. The maximum atomic E-state index is 16.1. The highest BCUT2D eigenvalue weighted by molar-refractivity contribution is 5.65. The molecule has 1 saturated carbocycles. The van der Waals surface area contributed by atoms with Crippen LogP contribution in [-0.2, 0) is 12.7 Å². The molecule has 29 heavy (non-hydrogen) atoms. The van der Waals surface area contributed by atoms with Crippen LogP contribution in [0.1, 0.15) is 37.8 Å². The molecule has 0 radical (unpaired) electrons. The van der Waals surface area contributed by atoms with Crippen molar-refractivity contribution in [1.29, 1.82) is 0 Å². The summed E-state index contributed by atoms with van der Waals surface area (Å²) >= 11 is 0. The molecule has 1 spiro atoms. The van der Waals surface area contributed by atoms with E-state index in [1.807, 2.05) is 0 Å². The van der Waals surface area contributed by atoms with Crippen molar-refractivity contribution in [3.05, 3.63) is 36.2 Å². The second-order valence-corrected chi connectivity index (χ2v) is 9.52. The summed E-state index contributed by atoms with van der Waals surface area (Å²) in [7, 11) is 3.99. The summed E-state index contributed by atoms with van der Waals surface area (Å²) in [5, 5.41) is 4.16. The first kappa shape index (κ1) is 19.1. The molecule has 2 saturated heterocycles. The Balaban J connectivity index is 1.32. The summed E-state index contributed by atoms with van der Waals surface area (Å²) in [4.78, 5) is 9.10. The molecule has 3 aliphatic rings. The minimum Gasteiger partial charge on any atom is -0.305 e. The number of nitrogens with zero attached hydrogens (tertiary/aromatic N) is 5. The Kier molecular flexibility index (Phi) is 4.51. The number of piperidine rings is 1. The van der Waals surface area contributed by atoms with Crippen molar-refractivity contribution in [2.45, 2.75) is 43.8 Å². The lowest BCUT2D eigenvalue weighted by Crippen LogP contribution is -2.54. The van der Waals surface area contributed by atoms with Crippen molar-refractivity contribution in [2.24, 2.45) is 12.5 Å². The van der Waals surface area contributed by atoms with Crippen LogP contribution in [0.3, 0.4) is 0 Å². The molecule has 5 rings (SSSR count). The molecule has 4 heterocycles. The number of pyridine rings is 1. The summed E-state index contributed by atoms with van der Waals surface area (Å²) < 4.78 is 31.6. The van der Waals surface area contributed by atoms with Crippen molar-refractivity contribution in [3.63, 3.8) is 0 Å². The molecule has 2 aromatic rings. The van der Waals surface area contributed by atoms with Gasteiger partial charge in [-0.2, -0.15) is 5.10 Å². The highest BCUT2D eigenvalue weighted by atomic mass is 19.1. The van der Waals surface area contributed by atoms with Crippen molar-refractivity contribution in [1.82, 2.24) is 24.6 Å². The van der Waals surface area contributed by atoms with E-state index in [-0.39, 0.29) is 0 Å². The van der Waals surface area contributed by atoms with Crippen molar-refractivity contribution >= 4 is 0 Å². The number of rotatable bonds is 3. The number of aromatic nitrogens is 3. The third kappa shape index (κ3) is 3.38. The van der Waals surface area contributed by atoms with Gasteiger partial charge in [-0.25, -0.2) is 8.78 Å². The fourth-order valence-corrected chi connectivity index (χ4v) is 5.93. The van der Waals surface area contributed by atoms with Gasteiger partial charge in [0.05, 0.1) is 18.1 Å². The predicted molar refractivity (Wildman–Crippen MR) is 108 cm³/mol. The number of alkyl halides is 1. The Morgan fingerprint density at radius 1 is 1.10 bits per heavy atom. The quantitative estimate of drug-likeness (QED) is 0.790. The van der Waals surface area contributed by atoms with Gasteiger partial charge in [0, 0.05) is 56.6 Å². The smallest absolute Gasteiger partial charge is 0.155 e. The molecular weight excluding hydrogens is 372 g/mol. The molecular formula is C22H29F2N5. The van der Waals surface area contributed by atoms with Gasteiger partial charge in [0.25, 0.3) is 0 Å². The van der Waals surface area contributed by atoms with Crippen LogP contribution < -0.4 is 0 Å². The van der Waals surface area contributed by atoms with Gasteiger partial charge in [0.15, 0.2) is 5.67 Å². The van der Waals surface area contributed by atoms with E-state index in [1.165, 1.54) is 38.4 Å². The van der Waals surface area contributed by atoms with Gasteiger partial charge in [-0.05, 0) is 50.6 Å². The molecule has 1 aliphatic carbocycles. The van der Waals surface area contributed by atoms with E-state index in [4.69, 9.17) is 0 Å². The van der Waals surface area contributed by atoms with Crippen LogP contribution in [0.2, 0.25) is 0 Å². The Bertz CT molecular complexity index is 896. The van der Waals surface area contributed by atoms with Crippen molar-refractivity contribution in [3.8, 4) is 11.1 Å². The first-order chi connectivity index (χ1) is 13.9. The summed E-state index contributed by atoms with van der Waals surface area (Å²) in [6.07, 6.45) is 9.14. The first-order valence-corrected chi connectivity index (χ1v) is 10.6. The molecule has 2 aromatic heterocycles. The van der Waals surface area contributed by atoms with Gasteiger partial charge < -0.3 is 9.80 Å². The van der Waals surface area contributed by atoms with E-state index in [1.54, 1.807) is 24.1 Å². The van der Waals surface area contributed by atoms with E-state index < -0.39 is 11.5 Å². The number of hydrogen-bond donors (Lipinski definition) is 0. The molecule has 2 aliphatic heterocycles. The van der Waals surface area contributed by atoms with Gasteiger partial charge in [0.1, 0.15) is 5.82 Å². The third-order valence-electron chi connectivity index (χ3n) is 7.29. The fourth-order valence-electron chi connectivity index (χ4n) is 5.93. The molecule has 156 valence electrons. The highest BCUT2D eigenvalue weighted by Crippen LogP contribution is 2.48. The van der Waals surface area contributed by atoms with E-state index >= 15 is 4.39 Å². The largest absolute Gasteiger partial charge is 0.305 e. The molecule has 1 atom stereocenters. The standard InChI is InChI=1S/C22H29F2N5/c1-27-14-21(15-27)4-3-18(10-21)29-7-5-22(24,6-8-29)20-19(9-17(23)12-25-20)16-11-26-28(2)13-16/h9,11-13,18H,3-8,10,14-15H2,1-2H3. The van der Waals surface area contributed by atoms with E-state index in [9.17, 15) is 4.39 Å². The van der Waals surface area contributed by atoms with Crippen LogP contribution in [0.4, 0.5) is 8.78 Å². The van der Waals surface area contributed by atoms with Gasteiger partial charge >= 0.3 is 0 Å². The summed E-state index contributed by atoms with van der Waals surface area (Å²) in [5.41, 5.74) is 0.570. The molecule has 3 fully saturated rings. The van der Waals surface area contributed by atoms with Crippen LogP contribution in [0.15, 0.2) is 24.7 Å². The van der Waals surface area contributed by atoms with Gasteiger partial charge in [-0.1, -0.05) is 0 Å². The molecule has 1 unspecified atom stereocenters. The van der Waals surface area contributed by atoms with Crippen molar-refractivity contribution in [2.75, 3.05) is 33.2 Å². The zero-order valence-electron chi connectivity index (χ0n) is 17.2. The number of aryl methyl sites for hydroxylation is 1. The normalized spacial score (nSPS) is 26.7. The first-order valence-electron chi connectivity index (χ1n) is 10.6. The molecule has 0 aromatic carbocycles. The van der Waals surface area contributed by atoms with E-state index in [2.05, 4.69) is 26.9 Å². The Labute approximate surface area is 170 Å². The average Bonchev–Trinajstić information content (AvgIpc) is 3.29. The van der Waals surface area contributed by atoms with Gasteiger partial charge in [-0.3, -0.25) is 9.67 Å². The lowest BCUT2D eigenvalue weighted by Gasteiger charge is -2.47. The van der Waals surface area contributed by atoms with Crippen LogP contribution in [0.5, 0.6) is 0 Å². The summed E-state index contributed by atoms with van der Waals surface area (Å²) in [6, 6.07) is 1.97.